The fourth-order valence-electron chi connectivity index (χ4n) is 3.59. The number of carbonyl (C=O) groups is 2. The van der Waals surface area contributed by atoms with E-state index in [9.17, 15) is 9.59 Å². The molecule has 2 aromatic carbocycles. The highest BCUT2D eigenvalue weighted by atomic mass is 16.5. The number of hydrogen-bond donors (Lipinski definition) is 1. The van der Waals surface area contributed by atoms with Crippen molar-refractivity contribution in [2.75, 3.05) is 38.1 Å². The van der Waals surface area contributed by atoms with Gasteiger partial charge in [-0.2, -0.15) is 0 Å². The summed E-state index contributed by atoms with van der Waals surface area (Å²) in [6.07, 6.45) is 1.57. The number of nitrogens with zero attached hydrogens (tertiary/aromatic N) is 3. The van der Waals surface area contributed by atoms with Gasteiger partial charge < -0.3 is 19.5 Å². The van der Waals surface area contributed by atoms with Crippen molar-refractivity contribution < 1.29 is 23.8 Å². The molecular formula is C25H24N4O5. The molecule has 0 atom stereocenters. The Bertz CT molecular complexity index is 1260. The van der Waals surface area contributed by atoms with Gasteiger partial charge in [-0.25, -0.2) is 9.98 Å². The van der Waals surface area contributed by atoms with Gasteiger partial charge in [-0.05, 0) is 36.4 Å². The molecule has 34 heavy (non-hydrogen) atoms. The lowest BCUT2D eigenvalue weighted by Crippen LogP contribution is -2.39. The van der Waals surface area contributed by atoms with Crippen LogP contribution in [-0.4, -0.2) is 50.4 Å². The SMILES string of the molecule is COc1cccc(C2=Nc3cccnc3N(CC(=O)Nc3ccc(OC)cc3OC)C(=O)C2)c1. The normalized spacial score (nSPS) is 12.9. The molecule has 0 saturated carbocycles. The Morgan fingerprint density at radius 3 is 2.56 bits per heavy atom. The monoisotopic (exact) mass is 460 g/mol. The smallest absolute Gasteiger partial charge is 0.244 e. The van der Waals surface area contributed by atoms with Gasteiger partial charge in [0.05, 0.1) is 39.1 Å². The van der Waals surface area contributed by atoms with Crippen LogP contribution in [0.5, 0.6) is 17.2 Å². The zero-order valence-corrected chi connectivity index (χ0v) is 19.1. The maximum atomic E-state index is 13.3. The van der Waals surface area contributed by atoms with Crippen LogP contribution in [0.4, 0.5) is 17.2 Å². The summed E-state index contributed by atoms with van der Waals surface area (Å²) in [4.78, 5) is 36.6. The third kappa shape index (κ3) is 4.83. The summed E-state index contributed by atoms with van der Waals surface area (Å²) in [5.41, 5.74) is 2.29. The molecule has 1 aliphatic heterocycles. The minimum absolute atomic E-state index is 0.00264. The van der Waals surface area contributed by atoms with E-state index in [-0.39, 0.29) is 18.9 Å². The van der Waals surface area contributed by atoms with Crippen molar-refractivity contribution in [3.63, 3.8) is 0 Å². The molecule has 2 heterocycles. The van der Waals surface area contributed by atoms with E-state index in [1.54, 1.807) is 50.7 Å². The predicted octanol–water partition coefficient (Wildman–Crippen LogP) is 3.60. The number of aromatic nitrogens is 1. The lowest BCUT2D eigenvalue weighted by Gasteiger charge is -2.21. The minimum atomic E-state index is -0.404. The van der Waals surface area contributed by atoms with Gasteiger partial charge in [0.25, 0.3) is 0 Å². The van der Waals surface area contributed by atoms with Crippen molar-refractivity contribution in [3.05, 3.63) is 66.4 Å². The molecule has 0 saturated heterocycles. The number of anilines is 2. The van der Waals surface area contributed by atoms with E-state index in [1.165, 1.54) is 12.0 Å². The molecule has 1 aliphatic rings. The van der Waals surface area contributed by atoms with Crippen LogP contribution in [0.1, 0.15) is 12.0 Å². The number of hydrogen-bond acceptors (Lipinski definition) is 7. The number of nitrogens with one attached hydrogen (secondary N) is 1. The molecular weight excluding hydrogens is 436 g/mol. The first-order valence-electron chi connectivity index (χ1n) is 10.5. The molecule has 0 fully saturated rings. The number of benzene rings is 2. The molecule has 4 rings (SSSR count). The van der Waals surface area contributed by atoms with Crippen LogP contribution < -0.4 is 24.4 Å². The molecule has 1 N–H and O–H groups in total. The Morgan fingerprint density at radius 2 is 1.79 bits per heavy atom. The lowest BCUT2D eigenvalue weighted by atomic mass is 10.1. The highest BCUT2D eigenvalue weighted by Crippen LogP contribution is 2.32. The first-order chi connectivity index (χ1) is 16.5. The zero-order valence-electron chi connectivity index (χ0n) is 19.1. The highest BCUT2D eigenvalue weighted by molar-refractivity contribution is 6.18. The Hall–Kier alpha value is -4.40. The molecule has 9 heteroatoms. The number of amides is 2. The van der Waals surface area contributed by atoms with Gasteiger partial charge in [0.2, 0.25) is 11.8 Å². The number of aliphatic imine (C=N–C) groups is 1. The zero-order chi connectivity index (χ0) is 24.1. The highest BCUT2D eigenvalue weighted by Gasteiger charge is 2.28. The van der Waals surface area contributed by atoms with E-state index in [0.29, 0.717) is 40.2 Å². The lowest BCUT2D eigenvalue weighted by molar-refractivity contribution is -0.120. The van der Waals surface area contributed by atoms with E-state index < -0.39 is 5.91 Å². The Balaban J connectivity index is 1.60. The average Bonchev–Trinajstić information content (AvgIpc) is 3.00. The fraction of sp³-hybridized carbons (Fsp3) is 0.200. The van der Waals surface area contributed by atoms with E-state index >= 15 is 0 Å². The van der Waals surface area contributed by atoms with Gasteiger partial charge >= 0.3 is 0 Å². The molecule has 0 unspecified atom stereocenters. The second-order valence-corrected chi connectivity index (χ2v) is 7.41. The summed E-state index contributed by atoms with van der Waals surface area (Å²) >= 11 is 0. The summed E-state index contributed by atoms with van der Waals surface area (Å²) in [7, 11) is 4.63. The topological polar surface area (TPSA) is 102 Å². The molecule has 2 amide bonds. The second kappa shape index (κ2) is 10.0. The predicted molar refractivity (Wildman–Crippen MR) is 129 cm³/mol. The Labute approximate surface area is 197 Å². The fourth-order valence-corrected chi connectivity index (χ4v) is 3.59. The molecule has 9 nitrogen and oxygen atoms in total. The van der Waals surface area contributed by atoms with Gasteiger partial charge in [-0.3, -0.25) is 14.5 Å². The van der Waals surface area contributed by atoms with E-state index in [4.69, 9.17) is 19.2 Å². The molecule has 174 valence electrons. The van der Waals surface area contributed by atoms with Crippen molar-refractivity contribution in [1.82, 2.24) is 4.98 Å². The Kier molecular flexibility index (Phi) is 6.72. The van der Waals surface area contributed by atoms with Crippen molar-refractivity contribution in [1.29, 1.82) is 0 Å². The third-order valence-corrected chi connectivity index (χ3v) is 5.28. The van der Waals surface area contributed by atoms with Crippen LogP contribution in [0.15, 0.2) is 65.8 Å². The van der Waals surface area contributed by atoms with Crippen LogP contribution in [-0.2, 0) is 9.59 Å². The summed E-state index contributed by atoms with van der Waals surface area (Å²) < 4.78 is 15.8. The van der Waals surface area contributed by atoms with E-state index in [1.807, 2.05) is 24.3 Å². The van der Waals surface area contributed by atoms with Gasteiger partial charge in [0, 0.05) is 17.8 Å². The number of ether oxygens (including phenoxy) is 3. The quantitative estimate of drug-likeness (QED) is 0.578. The average molecular weight is 460 g/mol. The maximum absolute atomic E-state index is 13.3. The summed E-state index contributed by atoms with van der Waals surface area (Å²) in [6.45, 7) is -0.237. The Morgan fingerprint density at radius 1 is 1.00 bits per heavy atom. The van der Waals surface area contributed by atoms with Crippen LogP contribution in [0.25, 0.3) is 0 Å². The summed E-state index contributed by atoms with van der Waals surface area (Å²) in [5.74, 6) is 1.32. The van der Waals surface area contributed by atoms with Crippen LogP contribution in [0, 0.1) is 0 Å². The molecule has 3 aromatic rings. The van der Waals surface area contributed by atoms with Crippen molar-refractivity contribution in [2.24, 2.45) is 4.99 Å². The van der Waals surface area contributed by atoms with Gasteiger partial charge in [0.15, 0.2) is 5.82 Å². The standard InChI is InChI=1S/C25H24N4O5/c1-32-17-7-4-6-16(12-17)21-14-24(31)29(25-20(27-21)8-5-11-26-25)15-23(30)28-19-10-9-18(33-2)13-22(19)34-3/h4-13H,14-15H2,1-3H3,(H,28,30). The largest absolute Gasteiger partial charge is 0.497 e. The van der Waals surface area contributed by atoms with E-state index in [0.717, 1.165) is 5.56 Å². The summed E-state index contributed by atoms with van der Waals surface area (Å²) in [6, 6.07) is 15.9. The van der Waals surface area contributed by atoms with Gasteiger partial charge in [-0.15, -0.1) is 0 Å². The number of methoxy groups -OCH3 is 3. The van der Waals surface area contributed by atoms with E-state index in [2.05, 4.69) is 10.3 Å². The van der Waals surface area contributed by atoms with Crippen molar-refractivity contribution >= 4 is 34.7 Å². The molecule has 0 spiro atoms. The first-order valence-corrected chi connectivity index (χ1v) is 10.5. The van der Waals surface area contributed by atoms with Crippen LogP contribution in [0.3, 0.4) is 0 Å². The van der Waals surface area contributed by atoms with Crippen LogP contribution >= 0.6 is 0 Å². The number of carbonyl (C=O) groups excluding carboxylic acids is 2. The maximum Gasteiger partial charge on any atom is 0.244 e. The first kappa shape index (κ1) is 22.8. The molecule has 0 aliphatic carbocycles. The second-order valence-electron chi connectivity index (χ2n) is 7.41. The molecule has 0 radical (unpaired) electrons. The third-order valence-electron chi connectivity index (χ3n) is 5.28. The van der Waals surface area contributed by atoms with Crippen molar-refractivity contribution in [3.8, 4) is 17.2 Å². The van der Waals surface area contributed by atoms with Crippen molar-refractivity contribution in [2.45, 2.75) is 6.42 Å². The number of pyridine rings is 1. The van der Waals surface area contributed by atoms with Gasteiger partial charge in [0.1, 0.15) is 29.5 Å². The van der Waals surface area contributed by atoms with Gasteiger partial charge in [-0.1, -0.05) is 12.1 Å². The molecule has 1 aromatic heterocycles. The number of rotatable bonds is 7. The minimum Gasteiger partial charge on any atom is -0.497 e. The van der Waals surface area contributed by atoms with Crippen LogP contribution in [0.2, 0.25) is 0 Å². The summed E-state index contributed by atoms with van der Waals surface area (Å²) in [5, 5.41) is 2.79. The number of fused-ring (bicyclic) bond motifs is 1. The molecule has 0 bridgehead atoms.